The second kappa shape index (κ2) is 9.00. The molecule has 0 amide bonds. The molecular weight excluding hydrogens is 436 g/mol. The zero-order valence-corrected chi connectivity index (χ0v) is 15.9. The summed E-state index contributed by atoms with van der Waals surface area (Å²) in [6.07, 6.45) is -0.267. The van der Waals surface area contributed by atoms with Crippen LogP contribution in [0.4, 0.5) is 4.39 Å². The summed E-state index contributed by atoms with van der Waals surface area (Å²) in [7, 11) is 0. The van der Waals surface area contributed by atoms with Gasteiger partial charge in [-0.15, -0.1) is 24.0 Å². The summed E-state index contributed by atoms with van der Waals surface area (Å²) in [6.45, 7) is 0.588. The zero-order valence-electron chi connectivity index (χ0n) is 13.6. The van der Waals surface area contributed by atoms with Crippen molar-refractivity contribution in [2.45, 2.75) is 18.6 Å². The van der Waals surface area contributed by atoms with E-state index in [1.165, 1.54) is 12.1 Å². The Bertz CT molecular complexity index is 742. The molecule has 5 nitrogen and oxygen atoms in total. The third-order valence-corrected chi connectivity index (χ3v) is 3.98. The van der Waals surface area contributed by atoms with Gasteiger partial charge in [0.05, 0.1) is 19.2 Å². The van der Waals surface area contributed by atoms with Gasteiger partial charge in [0, 0.05) is 17.5 Å². The lowest BCUT2D eigenvalue weighted by molar-refractivity contribution is 0.182. The topological polar surface area (TPSA) is 79.9 Å². The number of nitrogens with one attached hydrogen (secondary N) is 1. The Balaban J connectivity index is 0.00000225. The molecule has 0 aromatic heterocycles. The Morgan fingerprint density at radius 1 is 1.28 bits per heavy atom. The van der Waals surface area contributed by atoms with Gasteiger partial charge in [-0.2, -0.15) is 0 Å². The van der Waals surface area contributed by atoms with E-state index >= 15 is 0 Å². The van der Waals surface area contributed by atoms with Crippen LogP contribution < -0.4 is 15.8 Å². The first-order valence-electron chi connectivity index (χ1n) is 7.86. The highest BCUT2D eigenvalue weighted by Crippen LogP contribution is 2.31. The number of hydrogen-bond donors (Lipinski definition) is 3. The average Bonchev–Trinajstić information content (AvgIpc) is 2.60. The van der Waals surface area contributed by atoms with Gasteiger partial charge in [-0.25, -0.2) is 4.39 Å². The van der Waals surface area contributed by atoms with Gasteiger partial charge < -0.3 is 20.9 Å². The van der Waals surface area contributed by atoms with Crippen molar-refractivity contribution in [3.63, 3.8) is 0 Å². The van der Waals surface area contributed by atoms with Crippen molar-refractivity contribution in [1.82, 2.24) is 5.32 Å². The maximum atomic E-state index is 13.6. The van der Waals surface area contributed by atoms with E-state index in [1.807, 2.05) is 24.3 Å². The molecule has 0 radical (unpaired) electrons. The number of benzene rings is 2. The predicted octanol–water partition coefficient (Wildman–Crippen LogP) is 2.91. The predicted molar refractivity (Wildman–Crippen MR) is 106 cm³/mol. The van der Waals surface area contributed by atoms with E-state index in [2.05, 4.69) is 10.3 Å². The van der Waals surface area contributed by atoms with Crippen LogP contribution in [0, 0.1) is 5.82 Å². The van der Waals surface area contributed by atoms with Crippen LogP contribution in [0.3, 0.4) is 0 Å². The minimum Gasteiger partial charge on any atom is -0.493 e. The summed E-state index contributed by atoms with van der Waals surface area (Å²) in [5.74, 6) is 0.595. The molecule has 0 saturated carbocycles. The molecule has 2 aromatic rings. The quantitative estimate of drug-likeness (QED) is 0.375. The number of nitrogens with zero attached hydrogens (tertiary/aromatic N) is 1. The number of nitrogens with two attached hydrogens (primary N) is 1. The van der Waals surface area contributed by atoms with Crippen molar-refractivity contribution < 1.29 is 14.2 Å². The Kier molecular flexibility index (Phi) is 7.01. The third-order valence-electron chi connectivity index (χ3n) is 3.98. The Hall–Kier alpha value is -1.87. The smallest absolute Gasteiger partial charge is 0.189 e. The Labute approximate surface area is 163 Å². The number of ether oxygens (including phenoxy) is 1. The largest absolute Gasteiger partial charge is 0.493 e. The van der Waals surface area contributed by atoms with Crippen molar-refractivity contribution in [2.24, 2.45) is 10.7 Å². The van der Waals surface area contributed by atoms with Gasteiger partial charge in [0.2, 0.25) is 0 Å². The first-order valence-corrected chi connectivity index (χ1v) is 7.86. The number of guanidine groups is 1. The summed E-state index contributed by atoms with van der Waals surface area (Å²) in [5.41, 5.74) is 7.16. The fourth-order valence-corrected chi connectivity index (χ4v) is 2.74. The monoisotopic (exact) mass is 457 g/mol. The molecule has 1 aliphatic rings. The standard InChI is InChI=1S/C18H20FN3O2.HI/c19-14-7-3-1-5-12(14)16(23)11-21-18(20)22-15-9-10-24-17-8-4-2-6-13(15)17;/h1-8,15-16,23H,9-11H2,(H3,20,21,22);1H. The summed E-state index contributed by atoms with van der Waals surface area (Å²) in [5, 5.41) is 13.2. The molecule has 0 bridgehead atoms. The maximum Gasteiger partial charge on any atom is 0.189 e. The first-order chi connectivity index (χ1) is 11.6. The van der Waals surface area contributed by atoms with Crippen molar-refractivity contribution >= 4 is 29.9 Å². The maximum absolute atomic E-state index is 13.6. The number of rotatable bonds is 4. The first kappa shape index (κ1) is 19.5. The molecule has 7 heteroatoms. The SMILES string of the molecule is I.NC(=NCC(O)c1ccccc1F)NC1CCOc2ccccc21. The minimum absolute atomic E-state index is 0. The average molecular weight is 457 g/mol. The second-order valence-corrected chi connectivity index (χ2v) is 5.64. The number of aliphatic hydroxyl groups is 1. The number of halogens is 2. The van der Waals surface area contributed by atoms with Gasteiger partial charge in [-0.3, -0.25) is 4.99 Å². The van der Waals surface area contributed by atoms with Gasteiger partial charge in [0.1, 0.15) is 17.7 Å². The molecule has 1 aliphatic heterocycles. The molecule has 134 valence electrons. The molecule has 4 N–H and O–H groups in total. The van der Waals surface area contributed by atoms with E-state index < -0.39 is 11.9 Å². The van der Waals surface area contributed by atoms with E-state index in [-0.39, 0.29) is 48.1 Å². The van der Waals surface area contributed by atoms with Crippen molar-refractivity contribution in [3.05, 3.63) is 65.5 Å². The highest BCUT2D eigenvalue weighted by atomic mass is 127. The highest BCUT2D eigenvalue weighted by Gasteiger charge is 2.21. The summed E-state index contributed by atoms with van der Waals surface area (Å²) >= 11 is 0. The normalized spacial score (nSPS) is 17.7. The molecule has 0 spiro atoms. The molecule has 0 aliphatic carbocycles. The Morgan fingerprint density at radius 2 is 2.00 bits per heavy atom. The lowest BCUT2D eigenvalue weighted by Crippen LogP contribution is -2.37. The molecular formula is C18H21FIN3O2. The lowest BCUT2D eigenvalue weighted by Gasteiger charge is -2.27. The number of para-hydroxylation sites is 1. The fourth-order valence-electron chi connectivity index (χ4n) is 2.74. The molecule has 2 atom stereocenters. The number of hydrogen-bond acceptors (Lipinski definition) is 3. The third kappa shape index (κ3) is 4.82. The number of aliphatic hydroxyl groups excluding tert-OH is 1. The summed E-state index contributed by atoms with van der Waals surface area (Å²) in [6, 6.07) is 13.9. The zero-order chi connectivity index (χ0) is 16.9. The molecule has 25 heavy (non-hydrogen) atoms. The van der Waals surface area contributed by atoms with E-state index in [1.54, 1.807) is 12.1 Å². The van der Waals surface area contributed by atoms with Gasteiger partial charge in [-0.05, 0) is 12.1 Å². The number of fused-ring (bicyclic) bond motifs is 1. The molecule has 2 aromatic carbocycles. The fraction of sp³-hybridized carbons (Fsp3) is 0.278. The van der Waals surface area contributed by atoms with Crippen LogP contribution in [-0.4, -0.2) is 24.2 Å². The van der Waals surface area contributed by atoms with Crippen LogP contribution in [-0.2, 0) is 0 Å². The van der Waals surface area contributed by atoms with Crippen LogP contribution >= 0.6 is 24.0 Å². The number of aliphatic imine (C=N–C) groups is 1. The summed E-state index contributed by atoms with van der Waals surface area (Å²) in [4.78, 5) is 4.13. The molecule has 0 saturated heterocycles. The molecule has 1 heterocycles. The van der Waals surface area contributed by atoms with Gasteiger partial charge in [-0.1, -0.05) is 36.4 Å². The van der Waals surface area contributed by atoms with Crippen LogP contribution in [0.25, 0.3) is 0 Å². The van der Waals surface area contributed by atoms with Crippen LogP contribution in [0.1, 0.15) is 29.7 Å². The molecule has 3 rings (SSSR count). The van der Waals surface area contributed by atoms with Crippen molar-refractivity contribution in [2.75, 3.05) is 13.2 Å². The van der Waals surface area contributed by atoms with Gasteiger partial charge in [0.25, 0.3) is 0 Å². The second-order valence-electron chi connectivity index (χ2n) is 5.64. The van der Waals surface area contributed by atoms with Crippen molar-refractivity contribution in [3.8, 4) is 5.75 Å². The van der Waals surface area contributed by atoms with E-state index in [4.69, 9.17) is 10.5 Å². The summed E-state index contributed by atoms with van der Waals surface area (Å²) < 4.78 is 19.2. The van der Waals surface area contributed by atoms with E-state index in [9.17, 15) is 9.50 Å². The lowest BCUT2D eigenvalue weighted by atomic mass is 10.0. The highest BCUT2D eigenvalue weighted by molar-refractivity contribution is 14.0. The van der Waals surface area contributed by atoms with Crippen LogP contribution in [0.15, 0.2) is 53.5 Å². The molecule has 0 fully saturated rings. The van der Waals surface area contributed by atoms with Crippen LogP contribution in [0.5, 0.6) is 5.75 Å². The van der Waals surface area contributed by atoms with Crippen molar-refractivity contribution in [1.29, 1.82) is 0 Å². The molecule has 2 unspecified atom stereocenters. The van der Waals surface area contributed by atoms with Gasteiger partial charge in [0.15, 0.2) is 5.96 Å². The minimum atomic E-state index is -1.03. The van der Waals surface area contributed by atoms with Crippen LogP contribution in [0.2, 0.25) is 0 Å². The Morgan fingerprint density at radius 3 is 2.80 bits per heavy atom. The van der Waals surface area contributed by atoms with E-state index in [0.717, 1.165) is 17.7 Å². The van der Waals surface area contributed by atoms with E-state index in [0.29, 0.717) is 6.61 Å². The van der Waals surface area contributed by atoms with Gasteiger partial charge >= 0.3 is 0 Å².